The predicted octanol–water partition coefficient (Wildman–Crippen LogP) is 1.38. The molecule has 130 valence electrons. The van der Waals surface area contributed by atoms with Gasteiger partial charge in [-0.2, -0.15) is 0 Å². The van der Waals surface area contributed by atoms with Gasteiger partial charge in [0.2, 0.25) is 0 Å². The zero-order chi connectivity index (χ0) is 16.7. The van der Waals surface area contributed by atoms with Gasteiger partial charge in [0.25, 0.3) is 5.91 Å². The Labute approximate surface area is 141 Å². The molecule has 4 aliphatic heterocycles. The lowest BCUT2D eigenvalue weighted by atomic mass is 9.83. The molecule has 1 amide bonds. The number of nitrogens with zero attached hydrogens (tertiary/aromatic N) is 3. The molecule has 1 unspecified atom stereocenters. The molecule has 4 aliphatic rings. The molecule has 0 aromatic heterocycles. The van der Waals surface area contributed by atoms with E-state index in [-0.39, 0.29) is 5.91 Å². The molecule has 0 radical (unpaired) electrons. The van der Waals surface area contributed by atoms with Gasteiger partial charge in [0.1, 0.15) is 0 Å². The first-order valence-corrected chi connectivity index (χ1v) is 8.86. The predicted molar refractivity (Wildman–Crippen MR) is 88.5 cm³/mol. The Kier molecular flexibility index (Phi) is 4.18. The molecular formula is C18H24FN3O2. The van der Waals surface area contributed by atoms with Crippen LogP contribution < -0.4 is 0 Å². The molecule has 0 spiro atoms. The number of phenols is 1. The van der Waals surface area contributed by atoms with Gasteiger partial charge < -0.3 is 14.9 Å². The van der Waals surface area contributed by atoms with Gasteiger partial charge in [-0.05, 0) is 50.0 Å². The summed E-state index contributed by atoms with van der Waals surface area (Å²) in [4.78, 5) is 19.5. The van der Waals surface area contributed by atoms with Crippen molar-refractivity contribution in [3.63, 3.8) is 0 Å². The van der Waals surface area contributed by atoms with Crippen molar-refractivity contribution in [3.05, 3.63) is 29.6 Å². The maximum absolute atomic E-state index is 13.1. The lowest BCUT2D eigenvalue weighted by Crippen LogP contribution is -2.61. The van der Waals surface area contributed by atoms with Crippen LogP contribution in [0.4, 0.5) is 4.39 Å². The third-order valence-corrected chi connectivity index (χ3v) is 5.89. The lowest BCUT2D eigenvalue weighted by molar-refractivity contribution is -0.0131. The molecular weight excluding hydrogens is 309 g/mol. The van der Waals surface area contributed by atoms with Crippen molar-refractivity contribution in [1.29, 1.82) is 0 Å². The summed E-state index contributed by atoms with van der Waals surface area (Å²) in [5.74, 6) is -0.476. The van der Waals surface area contributed by atoms with E-state index in [0.717, 1.165) is 25.1 Å². The SMILES string of the molecule is O=C(c1ccc(F)c(O)c1)N1CCN(C2CN3CCC2CC3)CC1. The molecule has 6 heteroatoms. The Hall–Kier alpha value is -1.66. The highest BCUT2D eigenvalue weighted by Gasteiger charge is 2.38. The first kappa shape index (κ1) is 15.8. The smallest absolute Gasteiger partial charge is 0.254 e. The van der Waals surface area contributed by atoms with Crippen LogP contribution in [0.25, 0.3) is 0 Å². The summed E-state index contributed by atoms with van der Waals surface area (Å²) in [6.45, 7) is 6.84. The van der Waals surface area contributed by atoms with Crippen molar-refractivity contribution in [3.8, 4) is 5.75 Å². The highest BCUT2D eigenvalue weighted by molar-refractivity contribution is 5.94. The lowest BCUT2D eigenvalue weighted by Gasteiger charge is -2.51. The number of hydrogen-bond acceptors (Lipinski definition) is 4. The van der Waals surface area contributed by atoms with Crippen LogP contribution in [0, 0.1) is 11.7 Å². The second-order valence-corrected chi connectivity index (χ2v) is 7.20. The zero-order valence-corrected chi connectivity index (χ0v) is 13.8. The standard InChI is InChI=1S/C18H24FN3O2/c19-15-2-1-14(11-17(15)23)18(24)22-9-7-21(8-10-22)16-12-20-5-3-13(16)4-6-20/h1-2,11,13,16,23H,3-10,12H2. The summed E-state index contributed by atoms with van der Waals surface area (Å²) >= 11 is 0. The van der Waals surface area contributed by atoms with E-state index in [1.807, 2.05) is 4.90 Å². The monoisotopic (exact) mass is 333 g/mol. The minimum atomic E-state index is -0.696. The molecule has 0 aliphatic carbocycles. The third kappa shape index (κ3) is 2.89. The van der Waals surface area contributed by atoms with Gasteiger partial charge in [-0.1, -0.05) is 0 Å². The quantitative estimate of drug-likeness (QED) is 0.888. The van der Waals surface area contributed by atoms with Crippen LogP contribution in [0.15, 0.2) is 18.2 Å². The van der Waals surface area contributed by atoms with E-state index in [9.17, 15) is 14.3 Å². The highest BCUT2D eigenvalue weighted by atomic mass is 19.1. The van der Waals surface area contributed by atoms with Crippen molar-refractivity contribution in [2.75, 3.05) is 45.8 Å². The summed E-state index contributed by atoms with van der Waals surface area (Å²) in [5, 5.41) is 9.46. The van der Waals surface area contributed by atoms with Crippen molar-refractivity contribution >= 4 is 5.91 Å². The molecule has 4 fully saturated rings. The van der Waals surface area contributed by atoms with E-state index in [1.54, 1.807) is 0 Å². The fraction of sp³-hybridized carbons (Fsp3) is 0.611. The molecule has 0 saturated carbocycles. The third-order valence-electron chi connectivity index (χ3n) is 5.89. The number of aromatic hydroxyl groups is 1. The summed E-state index contributed by atoms with van der Waals surface area (Å²) in [6.07, 6.45) is 2.61. The number of carbonyl (C=O) groups excluding carboxylic acids is 1. The normalized spacial score (nSPS) is 30.5. The number of piperazine rings is 1. The molecule has 2 bridgehead atoms. The van der Waals surface area contributed by atoms with Gasteiger partial charge in [-0.15, -0.1) is 0 Å². The number of halogens is 1. The number of fused-ring (bicyclic) bond motifs is 3. The van der Waals surface area contributed by atoms with Gasteiger partial charge in [0.15, 0.2) is 11.6 Å². The van der Waals surface area contributed by atoms with E-state index in [1.165, 1.54) is 44.6 Å². The van der Waals surface area contributed by atoms with Crippen LogP contribution >= 0.6 is 0 Å². The van der Waals surface area contributed by atoms with Gasteiger partial charge in [0.05, 0.1) is 0 Å². The van der Waals surface area contributed by atoms with Crippen molar-refractivity contribution in [2.24, 2.45) is 5.92 Å². The molecule has 5 nitrogen and oxygen atoms in total. The largest absolute Gasteiger partial charge is 0.505 e. The summed E-state index contributed by atoms with van der Waals surface area (Å²) < 4.78 is 13.1. The first-order chi connectivity index (χ1) is 11.6. The fourth-order valence-electron chi connectivity index (χ4n) is 4.43. The summed E-state index contributed by atoms with van der Waals surface area (Å²) in [7, 11) is 0. The number of rotatable bonds is 2. The van der Waals surface area contributed by atoms with Gasteiger partial charge in [0, 0.05) is 44.3 Å². The Morgan fingerprint density at radius 3 is 2.38 bits per heavy atom. The molecule has 1 N–H and O–H groups in total. The maximum atomic E-state index is 13.1. The van der Waals surface area contributed by atoms with Gasteiger partial charge >= 0.3 is 0 Å². The number of phenolic OH excluding ortho intramolecular Hbond substituents is 1. The number of benzene rings is 1. The van der Waals surface area contributed by atoms with Gasteiger partial charge in [-0.3, -0.25) is 9.69 Å². The van der Waals surface area contributed by atoms with Crippen LogP contribution in [0.3, 0.4) is 0 Å². The van der Waals surface area contributed by atoms with E-state index in [2.05, 4.69) is 9.80 Å². The molecule has 4 saturated heterocycles. The number of carbonyl (C=O) groups is 1. The van der Waals surface area contributed by atoms with Crippen molar-refractivity contribution in [2.45, 2.75) is 18.9 Å². The van der Waals surface area contributed by atoms with Crippen LogP contribution in [0.2, 0.25) is 0 Å². The summed E-state index contributed by atoms with van der Waals surface area (Å²) in [5.41, 5.74) is 0.352. The van der Waals surface area contributed by atoms with Crippen LogP contribution in [-0.4, -0.2) is 77.6 Å². The second-order valence-electron chi connectivity index (χ2n) is 7.20. The molecule has 4 heterocycles. The molecule has 24 heavy (non-hydrogen) atoms. The van der Waals surface area contributed by atoms with Gasteiger partial charge in [-0.25, -0.2) is 4.39 Å². The Morgan fingerprint density at radius 2 is 1.79 bits per heavy atom. The second kappa shape index (κ2) is 6.33. The minimum absolute atomic E-state index is 0.126. The highest BCUT2D eigenvalue weighted by Crippen LogP contribution is 2.31. The Morgan fingerprint density at radius 1 is 1.08 bits per heavy atom. The molecule has 1 atom stereocenters. The molecule has 5 rings (SSSR count). The van der Waals surface area contributed by atoms with E-state index in [4.69, 9.17) is 0 Å². The molecule has 1 aromatic rings. The number of piperidine rings is 3. The number of hydrogen-bond donors (Lipinski definition) is 1. The van der Waals surface area contributed by atoms with Crippen LogP contribution in [0.1, 0.15) is 23.2 Å². The maximum Gasteiger partial charge on any atom is 0.254 e. The average Bonchev–Trinajstić information content (AvgIpc) is 2.64. The zero-order valence-electron chi connectivity index (χ0n) is 13.8. The Balaban J connectivity index is 1.37. The first-order valence-electron chi connectivity index (χ1n) is 8.86. The number of amides is 1. The molecule has 1 aromatic carbocycles. The average molecular weight is 333 g/mol. The summed E-state index contributed by atoms with van der Waals surface area (Å²) in [6, 6.07) is 4.44. The van der Waals surface area contributed by atoms with Crippen LogP contribution in [-0.2, 0) is 0 Å². The van der Waals surface area contributed by atoms with E-state index in [0.29, 0.717) is 24.7 Å². The minimum Gasteiger partial charge on any atom is -0.505 e. The fourth-order valence-corrected chi connectivity index (χ4v) is 4.43. The Bertz CT molecular complexity index is 623. The topological polar surface area (TPSA) is 47.0 Å². The van der Waals surface area contributed by atoms with Crippen LogP contribution in [0.5, 0.6) is 5.75 Å². The van der Waals surface area contributed by atoms with Crippen molar-refractivity contribution in [1.82, 2.24) is 14.7 Å². The van der Waals surface area contributed by atoms with Crippen molar-refractivity contribution < 1.29 is 14.3 Å². The van der Waals surface area contributed by atoms with E-state index >= 15 is 0 Å². The van der Waals surface area contributed by atoms with E-state index < -0.39 is 11.6 Å².